The summed E-state index contributed by atoms with van der Waals surface area (Å²) in [7, 11) is 0. The second-order valence-electron chi connectivity index (χ2n) is 6.89. The first-order valence-corrected chi connectivity index (χ1v) is 10.2. The summed E-state index contributed by atoms with van der Waals surface area (Å²) in [5.74, 6) is 2.25. The van der Waals surface area contributed by atoms with Crippen molar-refractivity contribution in [3.8, 4) is 0 Å². The Morgan fingerprint density at radius 3 is 2.71 bits per heavy atom. The van der Waals surface area contributed by atoms with Crippen LogP contribution in [0.25, 0.3) is 0 Å². The van der Waals surface area contributed by atoms with E-state index in [9.17, 15) is 9.59 Å². The molecule has 0 radical (unpaired) electrons. The summed E-state index contributed by atoms with van der Waals surface area (Å²) in [6, 6.07) is 5.82. The third-order valence-electron chi connectivity index (χ3n) is 5.50. The van der Waals surface area contributed by atoms with E-state index in [2.05, 4.69) is 6.07 Å². The van der Waals surface area contributed by atoms with Crippen molar-refractivity contribution in [3.63, 3.8) is 0 Å². The van der Waals surface area contributed by atoms with Crippen molar-refractivity contribution in [1.82, 2.24) is 9.80 Å². The molecule has 0 aromatic heterocycles. The molecule has 2 saturated heterocycles. The molecular weight excluding hydrogens is 320 g/mol. The average molecular weight is 344 g/mol. The minimum absolute atomic E-state index is 0.0657. The van der Waals surface area contributed by atoms with Crippen LogP contribution in [0.3, 0.4) is 0 Å². The van der Waals surface area contributed by atoms with Crippen LogP contribution >= 0.6 is 11.8 Å². The number of hydrogen-bond acceptors (Lipinski definition) is 3. The van der Waals surface area contributed by atoms with E-state index >= 15 is 0 Å². The molecule has 0 unspecified atom stereocenters. The molecule has 3 aliphatic rings. The lowest BCUT2D eigenvalue weighted by Crippen LogP contribution is -2.50. The number of thioether (sulfide) groups is 1. The highest BCUT2D eigenvalue weighted by atomic mass is 32.2. The number of carbonyl (C=O) groups is 2. The molecule has 0 saturated carbocycles. The summed E-state index contributed by atoms with van der Waals surface area (Å²) in [6.45, 7) is 2.35. The van der Waals surface area contributed by atoms with Crippen molar-refractivity contribution in [3.05, 3.63) is 34.9 Å². The van der Waals surface area contributed by atoms with Crippen LogP contribution in [-0.2, 0) is 17.6 Å². The highest BCUT2D eigenvalue weighted by molar-refractivity contribution is 7.99. The van der Waals surface area contributed by atoms with E-state index < -0.39 is 0 Å². The molecule has 24 heavy (non-hydrogen) atoms. The first-order valence-electron chi connectivity index (χ1n) is 9.04. The first-order chi connectivity index (χ1) is 11.8. The van der Waals surface area contributed by atoms with Crippen molar-refractivity contribution in [2.45, 2.75) is 38.1 Å². The zero-order valence-electron chi connectivity index (χ0n) is 14.0. The standard InChI is InChI=1S/C19H24N2O2S/c22-18(16-7-2-5-14-4-1-6-15(14)16)21-9-3-8-17(21)19(23)20-10-12-24-13-11-20/h2,5,7,17H,1,3-4,6,8-13H2/t17-/m1/s1. The van der Waals surface area contributed by atoms with Gasteiger partial charge in [-0.05, 0) is 49.3 Å². The van der Waals surface area contributed by atoms with Gasteiger partial charge in [-0.3, -0.25) is 9.59 Å². The van der Waals surface area contributed by atoms with Crippen molar-refractivity contribution < 1.29 is 9.59 Å². The molecule has 0 spiro atoms. The molecule has 2 fully saturated rings. The molecule has 2 amide bonds. The summed E-state index contributed by atoms with van der Waals surface area (Å²) < 4.78 is 0. The van der Waals surface area contributed by atoms with Crippen molar-refractivity contribution in [2.24, 2.45) is 0 Å². The smallest absolute Gasteiger partial charge is 0.254 e. The molecule has 1 atom stereocenters. The Balaban J connectivity index is 1.55. The zero-order valence-corrected chi connectivity index (χ0v) is 14.8. The second-order valence-corrected chi connectivity index (χ2v) is 8.12. The fraction of sp³-hybridized carbons (Fsp3) is 0.579. The Morgan fingerprint density at radius 1 is 1.04 bits per heavy atom. The topological polar surface area (TPSA) is 40.6 Å². The Morgan fingerprint density at radius 2 is 1.88 bits per heavy atom. The van der Waals surface area contributed by atoms with E-state index in [-0.39, 0.29) is 17.9 Å². The Bertz CT molecular complexity index is 655. The second kappa shape index (κ2) is 6.79. The molecule has 1 aromatic carbocycles. The molecule has 0 bridgehead atoms. The van der Waals surface area contributed by atoms with Gasteiger partial charge in [0.15, 0.2) is 0 Å². The largest absolute Gasteiger partial charge is 0.339 e. The molecular formula is C19H24N2O2S. The molecule has 5 heteroatoms. The molecule has 4 nitrogen and oxygen atoms in total. The van der Waals surface area contributed by atoms with E-state index in [1.54, 1.807) is 0 Å². The van der Waals surface area contributed by atoms with Gasteiger partial charge in [-0.1, -0.05) is 12.1 Å². The zero-order chi connectivity index (χ0) is 16.5. The number of amides is 2. The lowest BCUT2D eigenvalue weighted by atomic mass is 10.0. The fourth-order valence-electron chi connectivity index (χ4n) is 4.24. The molecule has 4 rings (SSSR count). The Labute approximate surface area is 147 Å². The summed E-state index contributed by atoms with van der Waals surface area (Å²) in [6.07, 6.45) is 4.94. The average Bonchev–Trinajstić information content (AvgIpc) is 3.30. The van der Waals surface area contributed by atoms with Crippen LogP contribution in [0.1, 0.15) is 40.7 Å². The monoisotopic (exact) mass is 344 g/mol. The highest BCUT2D eigenvalue weighted by Gasteiger charge is 2.38. The predicted octanol–water partition coefficient (Wildman–Crippen LogP) is 2.36. The predicted molar refractivity (Wildman–Crippen MR) is 96.4 cm³/mol. The normalized spacial score (nSPS) is 23.4. The Hall–Kier alpha value is -1.49. The number of fused-ring (bicyclic) bond motifs is 1. The van der Waals surface area contributed by atoms with Crippen LogP contribution in [0.15, 0.2) is 18.2 Å². The van der Waals surface area contributed by atoms with E-state index in [4.69, 9.17) is 0 Å². The maximum absolute atomic E-state index is 13.2. The summed E-state index contributed by atoms with van der Waals surface area (Å²) in [5.41, 5.74) is 3.37. The number of benzene rings is 1. The number of hydrogen-bond donors (Lipinski definition) is 0. The molecule has 1 aliphatic carbocycles. The summed E-state index contributed by atoms with van der Waals surface area (Å²) >= 11 is 1.90. The first kappa shape index (κ1) is 16.0. The summed E-state index contributed by atoms with van der Waals surface area (Å²) in [4.78, 5) is 29.9. The van der Waals surface area contributed by atoms with Gasteiger partial charge in [-0.2, -0.15) is 11.8 Å². The molecule has 128 valence electrons. The maximum Gasteiger partial charge on any atom is 0.254 e. The SMILES string of the molecule is O=C([C@H]1CCCN1C(=O)c1cccc2c1CCC2)N1CCSCC1. The van der Waals surface area contributed by atoms with Gasteiger partial charge in [-0.25, -0.2) is 0 Å². The lowest BCUT2D eigenvalue weighted by Gasteiger charge is -2.32. The van der Waals surface area contributed by atoms with Gasteiger partial charge in [0.2, 0.25) is 5.91 Å². The van der Waals surface area contributed by atoms with Crippen molar-refractivity contribution >= 4 is 23.6 Å². The minimum atomic E-state index is -0.252. The van der Waals surface area contributed by atoms with Gasteiger partial charge in [0.25, 0.3) is 5.91 Å². The van der Waals surface area contributed by atoms with E-state index in [1.165, 1.54) is 11.1 Å². The quantitative estimate of drug-likeness (QED) is 0.827. The Kier molecular flexibility index (Phi) is 4.53. The van der Waals surface area contributed by atoms with E-state index in [0.29, 0.717) is 6.54 Å². The van der Waals surface area contributed by atoms with Gasteiger partial charge < -0.3 is 9.80 Å². The van der Waals surface area contributed by atoms with Crippen LogP contribution in [0.5, 0.6) is 0 Å². The van der Waals surface area contributed by atoms with Crippen molar-refractivity contribution in [1.29, 1.82) is 0 Å². The van der Waals surface area contributed by atoms with Crippen LogP contribution in [0.2, 0.25) is 0 Å². The molecule has 1 aromatic rings. The molecule has 2 aliphatic heterocycles. The van der Waals surface area contributed by atoms with Crippen LogP contribution in [-0.4, -0.2) is 58.8 Å². The van der Waals surface area contributed by atoms with Gasteiger partial charge in [0, 0.05) is 36.7 Å². The minimum Gasteiger partial charge on any atom is -0.339 e. The van der Waals surface area contributed by atoms with Gasteiger partial charge in [0.1, 0.15) is 6.04 Å². The third kappa shape index (κ3) is 2.83. The van der Waals surface area contributed by atoms with Crippen LogP contribution in [0, 0.1) is 0 Å². The maximum atomic E-state index is 13.2. The summed E-state index contributed by atoms with van der Waals surface area (Å²) in [5, 5.41) is 0. The van der Waals surface area contributed by atoms with E-state index in [1.807, 2.05) is 33.7 Å². The fourth-order valence-corrected chi connectivity index (χ4v) is 5.14. The van der Waals surface area contributed by atoms with Crippen LogP contribution in [0.4, 0.5) is 0 Å². The highest BCUT2D eigenvalue weighted by Crippen LogP contribution is 2.29. The van der Waals surface area contributed by atoms with Crippen molar-refractivity contribution in [2.75, 3.05) is 31.1 Å². The number of rotatable bonds is 2. The number of likely N-dealkylation sites (tertiary alicyclic amines) is 1. The number of aryl methyl sites for hydroxylation is 1. The number of nitrogens with zero attached hydrogens (tertiary/aromatic N) is 2. The van der Waals surface area contributed by atoms with Crippen LogP contribution < -0.4 is 0 Å². The lowest BCUT2D eigenvalue weighted by molar-refractivity contribution is -0.134. The third-order valence-corrected chi connectivity index (χ3v) is 6.44. The number of carbonyl (C=O) groups excluding carboxylic acids is 2. The van der Waals surface area contributed by atoms with Gasteiger partial charge >= 0.3 is 0 Å². The van der Waals surface area contributed by atoms with Gasteiger partial charge in [-0.15, -0.1) is 0 Å². The van der Waals surface area contributed by atoms with Gasteiger partial charge in [0.05, 0.1) is 0 Å². The van der Waals surface area contributed by atoms with E-state index in [0.717, 1.165) is 62.3 Å². The molecule has 0 N–H and O–H groups in total. The molecule has 2 heterocycles.